The summed E-state index contributed by atoms with van der Waals surface area (Å²) >= 11 is 5.65. The lowest BCUT2D eigenvalue weighted by Gasteiger charge is -2.25. The highest BCUT2D eigenvalue weighted by molar-refractivity contribution is 6.31. The van der Waals surface area contributed by atoms with Gasteiger partial charge in [-0.1, -0.05) is 23.7 Å². The first-order chi connectivity index (χ1) is 11.0. The van der Waals surface area contributed by atoms with Crippen LogP contribution in [-0.4, -0.2) is 17.9 Å². The standard InChI is InChI=1S/C16H12ClFN2O3/c17-10-7-9(5-6-11(10)18)19-15(21)8-14-16(22)20-12-3-1-2-4-13(12)23-14/h1-7,14H,8H2,(H,19,21)(H,20,22)/t14-/m1/s1. The van der Waals surface area contributed by atoms with Crippen molar-refractivity contribution in [2.24, 2.45) is 0 Å². The first-order valence-electron chi connectivity index (χ1n) is 6.84. The Balaban J connectivity index is 1.66. The number of rotatable bonds is 3. The lowest BCUT2D eigenvalue weighted by Crippen LogP contribution is -2.39. The van der Waals surface area contributed by atoms with E-state index in [0.717, 1.165) is 6.07 Å². The number of carbonyl (C=O) groups excluding carboxylic acids is 2. The van der Waals surface area contributed by atoms with Gasteiger partial charge in [-0.25, -0.2) is 4.39 Å². The topological polar surface area (TPSA) is 67.4 Å². The summed E-state index contributed by atoms with van der Waals surface area (Å²) in [5.41, 5.74) is 0.914. The van der Waals surface area contributed by atoms with Crippen LogP contribution in [0.3, 0.4) is 0 Å². The summed E-state index contributed by atoms with van der Waals surface area (Å²) in [5.74, 6) is -0.894. The fourth-order valence-corrected chi connectivity index (χ4v) is 2.36. The van der Waals surface area contributed by atoms with Gasteiger partial charge in [0.05, 0.1) is 17.1 Å². The predicted octanol–water partition coefficient (Wildman–Crippen LogP) is 3.21. The van der Waals surface area contributed by atoms with Crippen LogP contribution < -0.4 is 15.4 Å². The second-order valence-corrected chi connectivity index (χ2v) is 5.38. The number of nitrogens with one attached hydrogen (secondary N) is 2. The number of carbonyl (C=O) groups is 2. The van der Waals surface area contributed by atoms with Crippen molar-refractivity contribution < 1.29 is 18.7 Å². The van der Waals surface area contributed by atoms with Crippen LogP contribution in [0, 0.1) is 5.82 Å². The van der Waals surface area contributed by atoms with Crippen LogP contribution in [0.15, 0.2) is 42.5 Å². The number of benzene rings is 2. The molecule has 0 spiro atoms. The van der Waals surface area contributed by atoms with Crippen molar-refractivity contribution in [1.29, 1.82) is 0 Å². The fourth-order valence-electron chi connectivity index (χ4n) is 2.18. The van der Waals surface area contributed by atoms with Crippen LogP contribution in [0.25, 0.3) is 0 Å². The van der Waals surface area contributed by atoms with Crippen molar-refractivity contribution >= 4 is 34.8 Å². The average molecular weight is 335 g/mol. The summed E-state index contributed by atoms with van der Waals surface area (Å²) in [5, 5.41) is 5.14. The third-order valence-electron chi connectivity index (χ3n) is 3.28. The maximum absolute atomic E-state index is 13.1. The van der Waals surface area contributed by atoms with Crippen molar-refractivity contribution in [1.82, 2.24) is 0 Å². The van der Waals surface area contributed by atoms with E-state index >= 15 is 0 Å². The maximum Gasteiger partial charge on any atom is 0.266 e. The van der Waals surface area contributed by atoms with E-state index < -0.39 is 23.7 Å². The van der Waals surface area contributed by atoms with E-state index in [1.807, 2.05) is 0 Å². The molecule has 7 heteroatoms. The SMILES string of the molecule is O=C(C[C@H]1Oc2ccccc2NC1=O)Nc1ccc(F)c(Cl)c1. The average Bonchev–Trinajstić information content (AvgIpc) is 2.51. The Morgan fingerprint density at radius 1 is 1.30 bits per heavy atom. The molecule has 0 saturated heterocycles. The van der Waals surface area contributed by atoms with Crippen molar-refractivity contribution in [3.05, 3.63) is 53.3 Å². The molecule has 118 valence electrons. The number of para-hydroxylation sites is 2. The number of hydrogen-bond donors (Lipinski definition) is 2. The zero-order chi connectivity index (χ0) is 16.4. The van der Waals surface area contributed by atoms with Gasteiger partial charge in [0.15, 0.2) is 6.10 Å². The number of fused-ring (bicyclic) bond motifs is 1. The van der Waals surface area contributed by atoms with Gasteiger partial charge < -0.3 is 15.4 Å². The summed E-state index contributed by atoms with van der Waals surface area (Å²) in [6, 6.07) is 10.8. The lowest BCUT2D eigenvalue weighted by atomic mass is 10.1. The maximum atomic E-state index is 13.1. The first kappa shape index (κ1) is 15.3. The molecule has 0 aromatic heterocycles. The Kier molecular flexibility index (Phi) is 4.16. The van der Waals surface area contributed by atoms with Gasteiger partial charge in [0, 0.05) is 5.69 Å². The van der Waals surface area contributed by atoms with Gasteiger partial charge in [-0.15, -0.1) is 0 Å². The van der Waals surface area contributed by atoms with E-state index in [1.54, 1.807) is 24.3 Å². The zero-order valence-corrected chi connectivity index (χ0v) is 12.6. The summed E-state index contributed by atoms with van der Waals surface area (Å²) < 4.78 is 18.6. The quantitative estimate of drug-likeness (QED) is 0.905. The van der Waals surface area contributed by atoms with Gasteiger partial charge in [0.25, 0.3) is 5.91 Å². The summed E-state index contributed by atoms with van der Waals surface area (Å²) in [6.07, 6.45) is -1.10. The second-order valence-electron chi connectivity index (χ2n) is 4.97. The number of anilines is 2. The van der Waals surface area contributed by atoms with Crippen LogP contribution in [0.1, 0.15) is 6.42 Å². The van der Waals surface area contributed by atoms with Crippen molar-refractivity contribution in [2.75, 3.05) is 10.6 Å². The molecule has 1 heterocycles. The second kappa shape index (κ2) is 6.26. The Bertz CT molecular complexity index is 782. The van der Waals surface area contributed by atoms with E-state index in [9.17, 15) is 14.0 Å². The number of hydrogen-bond acceptors (Lipinski definition) is 3. The molecule has 1 aliphatic heterocycles. The minimum Gasteiger partial charge on any atom is -0.478 e. The summed E-state index contributed by atoms with van der Waals surface area (Å²) in [6.45, 7) is 0. The Labute approximate surface area is 136 Å². The molecule has 23 heavy (non-hydrogen) atoms. The van der Waals surface area contributed by atoms with Crippen molar-refractivity contribution in [2.45, 2.75) is 12.5 Å². The smallest absolute Gasteiger partial charge is 0.266 e. The first-order valence-corrected chi connectivity index (χ1v) is 7.22. The van der Waals surface area contributed by atoms with Gasteiger partial charge in [-0.05, 0) is 30.3 Å². The van der Waals surface area contributed by atoms with Gasteiger partial charge >= 0.3 is 0 Å². The molecule has 0 bridgehead atoms. The molecule has 0 saturated carbocycles. The minimum atomic E-state index is -0.930. The van der Waals surface area contributed by atoms with Crippen LogP contribution in [0.5, 0.6) is 5.75 Å². The Hall–Kier alpha value is -2.60. The molecule has 1 atom stereocenters. The molecule has 0 fully saturated rings. The van der Waals surface area contributed by atoms with Crippen LogP contribution >= 0.6 is 11.6 Å². The van der Waals surface area contributed by atoms with E-state index in [0.29, 0.717) is 17.1 Å². The molecule has 2 N–H and O–H groups in total. The Morgan fingerprint density at radius 3 is 2.87 bits per heavy atom. The molecule has 2 aromatic rings. The third-order valence-corrected chi connectivity index (χ3v) is 3.57. The van der Waals surface area contributed by atoms with Gasteiger partial charge in [0.1, 0.15) is 11.6 Å². The van der Waals surface area contributed by atoms with E-state index in [4.69, 9.17) is 16.3 Å². The van der Waals surface area contributed by atoms with Crippen LogP contribution in [0.4, 0.5) is 15.8 Å². The molecule has 1 aliphatic rings. The Morgan fingerprint density at radius 2 is 2.09 bits per heavy atom. The highest BCUT2D eigenvalue weighted by Gasteiger charge is 2.29. The van der Waals surface area contributed by atoms with Crippen LogP contribution in [0.2, 0.25) is 5.02 Å². The fraction of sp³-hybridized carbons (Fsp3) is 0.125. The molecule has 0 radical (unpaired) electrons. The zero-order valence-electron chi connectivity index (χ0n) is 11.8. The van der Waals surface area contributed by atoms with Gasteiger partial charge in [-0.2, -0.15) is 0 Å². The monoisotopic (exact) mass is 334 g/mol. The highest BCUT2D eigenvalue weighted by Crippen LogP contribution is 2.29. The lowest BCUT2D eigenvalue weighted by molar-refractivity contribution is -0.128. The largest absolute Gasteiger partial charge is 0.478 e. The van der Waals surface area contributed by atoms with Crippen molar-refractivity contribution in [3.8, 4) is 5.75 Å². The van der Waals surface area contributed by atoms with E-state index in [-0.39, 0.29) is 11.4 Å². The molecular formula is C16H12ClFN2O3. The number of amides is 2. The molecule has 0 aliphatic carbocycles. The summed E-state index contributed by atoms with van der Waals surface area (Å²) in [4.78, 5) is 24.0. The predicted molar refractivity (Wildman–Crippen MR) is 84.1 cm³/mol. The number of ether oxygens (including phenoxy) is 1. The highest BCUT2D eigenvalue weighted by atomic mass is 35.5. The number of halogens is 2. The third kappa shape index (κ3) is 3.43. The van der Waals surface area contributed by atoms with Crippen molar-refractivity contribution in [3.63, 3.8) is 0 Å². The molecule has 3 rings (SSSR count). The van der Waals surface area contributed by atoms with Crippen LogP contribution in [-0.2, 0) is 9.59 Å². The van der Waals surface area contributed by atoms with Gasteiger partial charge in [0.2, 0.25) is 5.91 Å². The molecule has 2 aromatic carbocycles. The normalized spacial score (nSPS) is 16.1. The van der Waals surface area contributed by atoms with Gasteiger partial charge in [-0.3, -0.25) is 9.59 Å². The molecule has 2 amide bonds. The minimum absolute atomic E-state index is 0.0941. The molecule has 0 unspecified atom stereocenters. The molecule has 5 nitrogen and oxygen atoms in total. The van der Waals surface area contributed by atoms with E-state index in [1.165, 1.54) is 12.1 Å². The summed E-state index contributed by atoms with van der Waals surface area (Å²) in [7, 11) is 0. The molecular weight excluding hydrogens is 323 g/mol. The van der Waals surface area contributed by atoms with E-state index in [2.05, 4.69) is 10.6 Å².